The van der Waals surface area contributed by atoms with Crippen molar-refractivity contribution in [2.45, 2.75) is 58.2 Å². The van der Waals surface area contributed by atoms with E-state index in [0.717, 1.165) is 12.6 Å². The molecule has 0 unspecified atom stereocenters. The van der Waals surface area contributed by atoms with E-state index in [2.05, 4.69) is 29.0 Å². The molecule has 1 saturated carbocycles. The average Bonchev–Trinajstić information content (AvgIpc) is 3.14. The van der Waals surface area contributed by atoms with E-state index in [9.17, 15) is 0 Å². The van der Waals surface area contributed by atoms with Gasteiger partial charge in [0.1, 0.15) is 0 Å². The second-order valence-corrected chi connectivity index (χ2v) is 6.95. The van der Waals surface area contributed by atoms with Gasteiger partial charge in [-0.15, -0.1) is 11.3 Å². The Morgan fingerprint density at radius 3 is 2.50 bits per heavy atom. The van der Waals surface area contributed by atoms with Crippen molar-refractivity contribution in [3.05, 3.63) is 15.6 Å². The van der Waals surface area contributed by atoms with Gasteiger partial charge in [-0.25, -0.2) is 4.98 Å². The molecule has 0 bridgehead atoms. The molecule has 1 aromatic rings. The molecule has 1 aromatic heterocycles. The van der Waals surface area contributed by atoms with Crippen molar-refractivity contribution in [1.29, 1.82) is 0 Å². The zero-order valence-electron chi connectivity index (χ0n) is 11.4. The Balaban J connectivity index is 1.45. The topological polar surface area (TPSA) is 28.2 Å². The van der Waals surface area contributed by atoms with Crippen LogP contribution < -0.4 is 5.32 Å². The van der Waals surface area contributed by atoms with Crippen LogP contribution in [0, 0.1) is 13.8 Å². The molecule has 1 saturated heterocycles. The summed E-state index contributed by atoms with van der Waals surface area (Å²) in [5.74, 6) is 0. The molecule has 0 radical (unpaired) electrons. The highest BCUT2D eigenvalue weighted by molar-refractivity contribution is 7.11. The predicted molar refractivity (Wildman–Crippen MR) is 76.0 cm³/mol. The maximum Gasteiger partial charge on any atom is 0.0900 e. The standard InChI is InChI=1S/C14H23N3S/c1-10-14(18-11(2)16-10)9-15-12-5-7-17(8-6-12)13-3-4-13/h12-13,15H,3-9H2,1-2H3. The van der Waals surface area contributed by atoms with E-state index >= 15 is 0 Å². The van der Waals surface area contributed by atoms with E-state index in [1.54, 1.807) is 0 Å². The molecule has 1 N–H and O–H groups in total. The normalized spacial score (nSPS) is 22.6. The van der Waals surface area contributed by atoms with Crippen LogP contribution in [0.3, 0.4) is 0 Å². The van der Waals surface area contributed by atoms with E-state index in [4.69, 9.17) is 0 Å². The molecule has 0 atom stereocenters. The maximum absolute atomic E-state index is 4.49. The minimum absolute atomic E-state index is 0.710. The fourth-order valence-electron chi connectivity index (χ4n) is 2.88. The number of nitrogens with zero attached hydrogens (tertiary/aromatic N) is 2. The fraction of sp³-hybridized carbons (Fsp3) is 0.786. The summed E-state index contributed by atoms with van der Waals surface area (Å²) >= 11 is 1.83. The van der Waals surface area contributed by atoms with Gasteiger partial charge in [0.05, 0.1) is 10.7 Å². The van der Waals surface area contributed by atoms with Gasteiger partial charge in [-0.3, -0.25) is 0 Å². The van der Waals surface area contributed by atoms with Gasteiger partial charge in [-0.05, 0) is 52.6 Å². The van der Waals surface area contributed by atoms with E-state index in [1.165, 1.54) is 54.4 Å². The first-order valence-corrected chi connectivity index (χ1v) is 7.94. The summed E-state index contributed by atoms with van der Waals surface area (Å²) in [6.07, 6.45) is 5.51. The van der Waals surface area contributed by atoms with Gasteiger partial charge in [0.2, 0.25) is 0 Å². The number of hydrogen-bond acceptors (Lipinski definition) is 4. The van der Waals surface area contributed by atoms with Crippen LogP contribution in [-0.2, 0) is 6.54 Å². The summed E-state index contributed by atoms with van der Waals surface area (Å²) in [6.45, 7) is 7.81. The molecular formula is C14H23N3S. The van der Waals surface area contributed by atoms with Crippen LogP contribution in [0.1, 0.15) is 41.3 Å². The molecule has 2 heterocycles. The molecule has 1 aliphatic heterocycles. The van der Waals surface area contributed by atoms with Crippen molar-refractivity contribution < 1.29 is 0 Å². The second-order valence-electron chi connectivity index (χ2n) is 5.66. The summed E-state index contributed by atoms with van der Waals surface area (Å²) < 4.78 is 0. The van der Waals surface area contributed by atoms with Crippen molar-refractivity contribution in [1.82, 2.24) is 15.2 Å². The summed E-state index contributed by atoms with van der Waals surface area (Å²) in [6, 6.07) is 1.65. The minimum Gasteiger partial charge on any atom is -0.309 e. The van der Waals surface area contributed by atoms with Gasteiger partial charge in [0, 0.05) is 23.5 Å². The lowest BCUT2D eigenvalue weighted by atomic mass is 10.0. The number of thiazole rings is 1. The van der Waals surface area contributed by atoms with Crippen molar-refractivity contribution in [3.63, 3.8) is 0 Å². The zero-order chi connectivity index (χ0) is 12.5. The summed E-state index contributed by atoms with van der Waals surface area (Å²) in [7, 11) is 0. The van der Waals surface area contributed by atoms with Gasteiger partial charge >= 0.3 is 0 Å². The average molecular weight is 265 g/mol. The molecule has 0 spiro atoms. The quantitative estimate of drug-likeness (QED) is 0.906. The Morgan fingerprint density at radius 1 is 1.22 bits per heavy atom. The Bertz CT molecular complexity index is 403. The van der Waals surface area contributed by atoms with Crippen LogP contribution in [0.4, 0.5) is 0 Å². The number of piperidine rings is 1. The highest BCUT2D eigenvalue weighted by Gasteiger charge is 2.31. The Morgan fingerprint density at radius 2 is 1.94 bits per heavy atom. The Labute approximate surface area is 114 Å². The number of hydrogen-bond donors (Lipinski definition) is 1. The molecule has 3 rings (SSSR count). The van der Waals surface area contributed by atoms with Gasteiger partial charge in [0.25, 0.3) is 0 Å². The van der Waals surface area contributed by atoms with Crippen molar-refractivity contribution >= 4 is 11.3 Å². The van der Waals surface area contributed by atoms with Crippen molar-refractivity contribution in [2.24, 2.45) is 0 Å². The van der Waals surface area contributed by atoms with Gasteiger partial charge < -0.3 is 10.2 Å². The van der Waals surface area contributed by atoms with Crippen LogP contribution >= 0.6 is 11.3 Å². The zero-order valence-corrected chi connectivity index (χ0v) is 12.2. The summed E-state index contributed by atoms with van der Waals surface area (Å²) in [5.41, 5.74) is 1.21. The first-order chi connectivity index (χ1) is 8.72. The van der Waals surface area contributed by atoms with E-state index < -0.39 is 0 Å². The lowest BCUT2D eigenvalue weighted by Crippen LogP contribution is -2.43. The van der Waals surface area contributed by atoms with Crippen molar-refractivity contribution in [3.8, 4) is 0 Å². The molecule has 2 fully saturated rings. The lowest BCUT2D eigenvalue weighted by Gasteiger charge is -2.32. The third-order valence-electron chi connectivity index (χ3n) is 4.14. The van der Waals surface area contributed by atoms with Gasteiger partial charge in [0.15, 0.2) is 0 Å². The fourth-order valence-corrected chi connectivity index (χ4v) is 3.77. The smallest absolute Gasteiger partial charge is 0.0900 e. The van der Waals surface area contributed by atoms with Gasteiger partial charge in [-0.1, -0.05) is 0 Å². The van der Waals surface area contributed by atoms with Crippen LogP contribution in [-0.4, -0.2) is 35.1 Å². The molecular weight excluding hydrogens is 242 g/mol. The minimum atomic E-state index is 0.710. The first-order valence-electron chi connectivity index (χ1n) is 7.12. The van der Waals surface area contributed by atoms with Gasteiger partial charge in [-0.2, -0.15) is 0 Å². The van der Waals surface area contributed by atoms with E-state index in [1.807, 2.05) is 11.3 Å². The molecule has 1 aliphatic carbocycles. The number of likely N-dealkylation sites (tertiary alicyclic amines) is 1. The summed E-state index contributed by atoms with van der Waals surface area (Å²) in [5, 5.41) is 4.90. The van der Waals surface area contributed by atoms with E-state index in [0.29, 0.717) is 6.04 Å². The van der Waals surface area contributed by atoms with Crippen LogP contribution in [0.5, 0.6) is 0 Å². The van der Waals surface area contributed by atoms with Crippen molar-refractivity contribution in [2.75, 3.05) is 13.1 Å². The van der Waals surface area contributed by atoms with Crippen LogP contribution in [0.25, 0.3) is 0 Å². The molecule has 3 nitrogen and oxygen atoms in total. The second kappa shape index (κ2) is 5.27. The SMILES string of the molecule is Cc1nc(C)c(CNC2CCN(C3CC3)CC2)s1. The predicted octanol–water partition coefficient (Wildman–Crippen LogP) is 2.48. The molecule has 0 aromatic carbocycles. The number of aromatic nitrogens is 1. The highest BCUT2D eigenvalue weighted by atomic mass is 32.1. The molecule has 0 amide bonds. The number of aryl methyl sites for hydroxylation is 2. The first kappa shape index (κ1) is 12.6. The molecule has 18 heavy (non-hydrogen) atoms. The lowest BCUT2D eigenvalue weighted by molar-refractivity contribution is 0.189. The Kier molecular flexibility index (Phi) is 3.68. The Hall–Kier alpha value is -0.450. The summed E-state index contributed by atoms with van der Waals surface area (Å²) in [4.78, 5) is 8.58. The van der Waals surface area contributed by atoms with E-state index in [-0.39, 0.29) is 0 Å². The molecule has 2 aliphatic rings. The molecule has 100 valence electrons. The highest BCUT2D eigenvalue weighted by Crippen LogP contribution is 2.29. The third-order valence-corrected chi connectivity index (χ3v) is 5.22. The maximum atomic E-state index is 4.49. The monoisotopic (exact) mass is 265 g/mol. The van der Waals surface area contributed by atoms with Crippen LogP contribution in [0.2, 0.25) is 0 Å². The largest absolute Gasteiger partial charge is 0.309 e. The van der Waals surface area contributed by atoms with Crippen LogP contribution in [0.15, 0.2) is 0 Å². The number of rotatable bonds is 4. The molecule has 4 heteroatoms. The third kappa shape index (κ3) is 2.92. The number of nitrogens with one attached hydrogen (secondary N) is 1.